The molecule has 5 aliphatic rings. The smallest absolute Gasteiger partial charge is 0.139 e. The third kappa shape index (κ3) is 2.99. The van der Waals surface area contributed by atoms with Crippen LogP contribution in [-0.2, 0) is 10.2 Å². The summed E-state index contributed by atoms with van der Waals surface area (Å²) in [6.07, 6.45) is 12.7. The Labute approximate surface area is 164 Å². The lowest BCUT2D eigenvalue weighted by Crippen LogP contribution is -2.60. The molecule has 0 heterocycles. The molecule has 0 aliphatic heterocycles. The van der Waals surface area contributed by atoms with Crippen molar-refractivity contribution in [1.29, 1.82) is 0 Å². The summed E-state index contributed by atoms with van der Waals surface area (Å²) < 4.78 is 0. The zero-order chi connectivity index (χ0) is 18.7. The molecule has 0 radical (unpaired) electrons. The molecule has 4 bridgehead atoms. The van der Waals surface area contributed by atoms with E-state index in [0.29, 0.717) is 23.2 Å². The predicted molar refractivity (Wildman–Crippen MR) is 109 cm³/mol. The molecule has 5 fully saturated rings. The van der Waals surface area contributed by atoms with Crippen LogP contribution in [0.1, 0.15) is 83.1 Å². The number of carbonyl (C=O) groups is 1. The summed E-state index contributed by atoms with van der Waals surface area (Å²) in [7, 11) is 0. The van der Waals surface area contributed by atoms with E-state index in [0.717, 1.165) is 50.9 Å². The first kappa shape index (κ1) is 17.9. The molecule has 6 rings (SSSR count). The van der Waals surface area contributed by atoms with Gasteiger partial charge < -0.3 is 5.73 Å². The summed E-state index contributed by atoms with van der Waals surface area (Å²) in [4.78, 5) is 13.7. The van der Waals surface area contributed by atoms with E-state index in [4.69, 9.17) is 5.73 Å². The van der Waals surface area contributed by atoms with Gasteiger partial charge in [-0.25, -0.2) is 0 Å². The van der Waals surface area contributed by atoms with Crippen LogP contribution in [0.25, 0.3) is 0 Å². The Bertz CT molecular complexity index is 721. The number of rotatable bonds is 4. The summed E-state index contributed by atoms with van der Waals surface area (Å²) in [6, 6.07) is 11.5. The van der Waals surface area contributed by atoms with Crippen LogP contribution in [0.4, 0.5) is 0 Å². The van der Waals surface area contributed by atoms with E-state index in [1.807, 2.05) is 0 Å². The Morgan fingerprint density at radius 3 is 2.44 bits per heavy atom. The zero-order valence-electron chi connectivity index (χ0n) is 16.9. The quantitative estimate of drug-likeness (QED) is 0.777. The minimum Gasteiger partial charge on any atom is -0.328 e. The third-order valence-corrected chi connectivity index (χ3v) is 8.69. The number of nitrogens with two attached hydrogens (primary N) is 1. The second-order valence-corrected chi connectivity index (χ2v) is 11.2. The molecule has 1 aromatic carbocycles. The van der Waals surface area contributed by atoms with Crippen LogP contribution in [0.15, 0.2) is 30.3 Å². The van der Waals surface area contributed by atoms with Crippen LogP contribution < -0.4 is 5.73 Å². The van der Waals surface area contributed by atoms with Crippen LogP contribution in [0.5, 0.6) is 0 Å². The molecule has 5 saturated carbocycles. The van der Waals surface area contributed by atoms with Gasteiger partial charge in [-0.05, 0) is 92.4 Å². The van der Waals surface area contributed by atoms with Crippen molar-refractivity contribution in [3.63, 3.8) is 0 Å². The molecule has 1 aromatic rings. The van der Waals surface area contributed by atoms with Crippen molar-refractivity contribution in [2.45, 2.75) is 89.0 Å². The lowest BCUT2D eigenvalue weighted by atomic mass is 9.38. The van der Waals surface area contributed by atoms with Gasteiger partial charge in [-0.2, -0.15) is 0 Å². The molecular weight excluding hydrogens is 330 g/mol. The van der Waals surface area contributed by atoms with Gasteiger partial charge in [0.25, 0.3) is 0 Å². The molecule has 2 nitrogen and oxygen atoms in total. The molecule has 0 saturated heterocycles. The monoisotopic (exact) mass is 365 g/mol. The van der Waals surface area contributed by atoms with Crippen LogP contribution >= 0.6 is 0 Å². The van der Waals surface area contributed by atoms with Crippen molar-refractivity contribution < 1.29 is 4.79 Å². The molecule has 0 aromatic heterocycles. The maximum absolute atomic E-state index is 13.7. The molecular formula is C25H35NO. The molecule has 0 amide bonds. The van der Waals surface area contributed by atoms with Crippen molar-refractivity contribution in [2.24, 2.45) is 28.4 Å². The van der Waals surface area contributed by atoms with Crippen molar-refractivity contribution in [3.8, 4) is 0 Å². The van der Waals surface area contributed by atoms with Crippen LogP contribution in [0, 0.1) is 22.7 Å². The molecule has 4 unspecified atom stereocenters. The standard InChI is InChI=1S/C25H35NO/c1-23-12-19-13-24(15-23,20-5-3-2-4-6-20)17-25(14-19,16-23)22(27)11-18-7-9-21(26)10-8-18/h2-6,18-19,21H,7-17,26H2,1H3. The minimum absolute atomic E-state index is 0.0381. The maximum atomic E-state index is 13.7. The molecule has 0 spiro atoms. The lowest BCUT2D eigenvalue weighted by Gasteiger charge is -2.66. The van der Waals surface area contributed by atoms with Gasteiger partial charge in [-0.15, -0.1) is 0 Å². The number of carbonyl (C=O) groups excluding carboxylic acids is 1. The van der Waals surface area contributed by atoms with E-state index in [9.17, 15) is 4.79 Å². The fourth-order valence-corrected chi connectivity index (χ4v) is 8.22. The van der Waals surface area contributed by atoms with E-state index in [-0.39, 0.29) is 10.8 Å². The largest absolute Gasteiger partial charge is 0.328 e. The summed E-state index contributed by atoms with van der Waals surface area (Å²) in [5.41, 5.74) is 8.16. The van der Waals surface area contributed by atoms with Gasteiger partial charge in [0.05, 0.1) is 0 Å². The predicted octanol–water partition coefficient (Wildman–Crippen LogP) is 5.39. The first-order chi connectivity index (χ1) is 12.9. The Balaban J connectivity index is 1.43. The third-order valence-electron chi connectivity index (χ3n) is 8.69. The van der Waals surface area contributed by atoms with Gasteiger partial charge in [0, 0.05) is 17.9 Å². The first-order valence-corrected chi connectivity index (χ1v) is 11.2. The van der Waals surface area contributed by atoms with Crippen molar-refractivity contribution >= 4 is 5.78 Å². The van der Waals surface area contributed by atoms with E-state index >= 15 is 0 Å². The van der Waals surface area contributed by atoms with E-state index in [1.54, 1.807) is 0 Å². The Hall–Kier alpha value is -1.15. The Morgan fingerprint density at radius 2 is 1.74 bits per heavy atom. The van der Waals surface area contributed by atoms with Gasteiger partial charge >= 0.3 is 0 Å². The minimum atomic E-state index is -0.0381. The first-order valence-electron chi connectivity index (χ1n) is 11.2. The SMILES string of the molecule is CC12CC3CC(C(=O)CC4CCC(N)CC4)(C1)CC(c1ccccc1)(C3)C2. The van der Waals surface area contributed by atoms with Crippen LogP contribution in [-0.4, -0.2) is 11.8 Å². The average Bonchev–Trinajstić information content (AvgIpc) is 2.62. The van der Waals surface area contributed by atoms with Gasteiger partial charge in [-0.3, -0.25) is 4.79 Å². The van der Waals surface area contributed by atoms with Gasteiger partial charge in [0.2, 0.25) is 0 Å². The molecule has 5 aliphatic carbocycles. The summed E-state index contributed by atoms with van der Waals surface area (Å²) in [5, 5.41) is 0. The Kier molecular flexibility index (Phi) is 4.10. The zero-order valence-corrected chi connectivity index (χ0v) is 16.9. The van der Waals surface area contributed by atoms with Gasteiger partial charge in [-0.1, -0.05) is 37.3 Å². The fourth-order valence-electron chi connectivity index (χ4n) is 8.22. The highest BCUT2D eigenvalue weighted by Gasteiger charge is 2.64. The van der Waals surface area contributed by atoms with Crippen molar-refractivity contribution in [1.82, 2.24) is 0 Å². The molecule has 2 heteroatoms. The van der Waals surface area contributed by atoms with Gasteiger partial charge in [0.1, 0.15) is 5.78 Å². The normalized spacial score (nSPS) is 45.8. The average molecular weight is 366 g/mol. The lowest BCUT2D eigenvalue weighted by molar-refractivity contribution is -0.159. The van der Waals surface area contributed by atoms with E-state index in [2.05, 4.69) is 37.3 Å². The second-order valence-electron chi connectivity index (χ2n) is 11.2. The highest BCUT2D eigenvalue weighted by atomic mass is 16.1. The van der Waals surface area contributed by atoms with Crippen LogP contribution in [0.3, 0.4) is 0 Å². The number of hydrogen-bond acceptors (Lipinski definition) is 2. The van der Waals surface area contributed by atoms with E-state index < -0.39 is 0 Å². The fraction of sp³-hybridized carbons (Fsp3) is 0.720. The number of benzene rings is 1. The topological polar surface area (TPSA) is 43.1 Å². The number of Topliss-reactive ketones (excluding diaryl/α,β-unsaturated/α-hetero) is 1. The highest BCUT2D eigenvalue weighted by molar-refractivity contribution is 5.86. The highest BCUT2D eigenvalue weighted by Crippen LogP contribution is 2.70. The van der Waals surface area contributed by atoms with Crippen molar-refractivity contribution in [3.05, 3.63) is 35.9 Å². The summed E-state index contributed by atoms with van der Waals surface area (Å²) in [6.45, 7) is 2.48. The van der Waals surface area contributed by atoms with Crippen LogP contribution in [0.2, 0.25) is 0 Å². The number of hydrogen-bond donors (Lipinski definition) is 1. The maximum Gasteiger partial charge on any atom is 0.139 e. The summed E-state index contributed by atoms with van der Waals surface area (Å²) >= 11 is 0. The molecule has 27 heavy (non-hydrogen) atoms. The molecule has 146 valence electrons. The molecule has 2 N–H and O–H groups in total. The Morgan fingerprint density at radius 1 is 1.00 bits per heavy atom. The van der Waals surface area contributed by atoms with Crippen molar-refractivity contribution in [2.75, 3.05) is 0 Å². The summed E-state index contributed by atoms with van der Waals surface area (Å²) in [5.74, 6) is 1.94. The molecule has 4 atom stereocenters. The van der Waals surface area contributed by atoms with Gasteiger partial charge in [0.15, 0.2) is 0 Å². The second kappa shape index (κ2) is 6.17. The number of ketones is 1. The van der Waals surface area contributed by atoms with E-state index in [1.165, 1.54) is 31.2 Å².